The van der Waals surface area contributed by atoms with Crippen molar-refractivity contribution < 1.29 is 8.42 Å². The van der Waals surface area contributed by atoms with Crippen LogP contribution in [0, 0.1) is 12.3 Å². The maximum atomic E-state index is 12.5. The van der Waals surface area contributed by atoms with Crippen LogP contribution in [-0.2, 0) is 16.6 Å². The summed E-state index contributed by atoms with van der Waals surface area (Å²) in [5.41, 5.74) is 6.54. The molecule has 0 saturated heterocycles. The van der Waals surface area contributed by atoms with E-state index in [1.807, 2.05) is 0 Å². The molecule has 1 heterocycles. The van der Waals surface area contributed by atoms with Crippen LogP contribution in [0.1, 0.15) is 50.4 Å². The van der Waals surface area contributed by atoms with Gasteiger partial charge >= 0.3 is 0 Å². The molecule has 0 radical (unpaired) electrons. The summed E-state index contributed by atoms with van der Waals surface area (Å²) in [4.78, 5) is 0.208. The third kappa shape index (κ3) is 3.21. The molecule has 6 nitrogen and oxygen atoms in total. The van der Waals surface area contributed by atoms with E-state index in [1.54, 1.807) is 6.92 Å². The normalized spacial score (nSPS) is 19.1. The average molecular weight is 300 g/mol. The van der Waals surface area contributed by atoms with Crippen LogP contribution in [0.3, 0.4) is 0 Å². The topological polar surface area (TPSA) is 101 Å². The third-order valence-electron chi connectivity index (χ3n) is 4.17. The van der Waals surface area contributed by atoms with E-state index in [-0.39, 0.29) is 16.9 Å². The van der Waals surface area contributed by atoms with E-state index in [4.69, 9.17) is 5.73 Å². The van der Waals surface area contributed by atoms with Gasteiger partial charge in [0.25, 0.3) is 0 Å². The van der Waals surface area contributed by atoms with Gasteiger partial charge in [-0.1, -0.05) is 26.2 Å². The van der Waals surface area contributed by atoms with Gasteiger partial charge in [0, 0.05) is 13.1 Å². The molecule has 0 bridgehead atoms. The van der Waals surface area contributed by atoms with Crippen LogP contribution in [0.15, 0.2) is 4.90 Å². The minimum absolute atomic E-state index is 0.0613. The molecule has 0 atom stereocenters. The summed E-state index contributed by atoms with van der Waals surface area (Å²) in [7, 11) is -3.55. The first-order chi connectivity index (χ1) is 9.38. The van der Waals surface area contributed by atoms with Gasteiger partial charge in [0.2, 0.25) is 10.0 Å². The quantitative estimate of drug-likeness (QED) is 0.765. The largest absolute Gasteiger partial charge is 0.325 e. The van der Waals surface area contributed by atoms with Crippen LogP contribution in [0.25, 0.3) is 0 Å². The van der Waals surface area contributed by atoms with Gasteiger partial charge in [0.05, 0.1) is 11.4 Å². The van der Waals surface area contributed by atoms with Crippen molar-refractivity contribution in [1.82, 2.24) is 14.9 Å². The Hall–Kier alpha value is -0.920. The Morgan fingerprint density at radius 2 is 2.00 bits per heavy atom. The fourth-order valence-electron chi connectivity index (χ4n) is 2.89. The summed E-state index contributed by atoms with van der Waals surface area (Å²) >= 11 is 0. The summed E-state index contributed by atoms with van der Waals surface area (Å²) in [6.07, 6.45) is 5.75. The lowest BCUT2D eigenvalue weighted by molar-refractivity contribution is 0.219. The zero-order valence-corrected chi connectivity index (χ0v) is 13.0. The first kappa shape index (κ1) is 15.5. The van der Waals surface area contributed by atoms with Crippen molar-refractivity contribution in [2.75, 3.05) is 6.54 Å². The number of hydrogen-bond acceptors (Lipinski definition) is 4. The van der Waals surface area contributed by atoms with Gasteiger partial charge in [-0.15, -0.1) is 0 Å². The zero-order valence-electron chi connectivity index (χ0n) is 12.2. The van der Waals surface area contributed by atoms with Gasteiger partial charge in [-0.05, 0) is 25.2 Å². The van der Waals surface area contributed by atoms with E-state index in [9.17, 15) is 8.42 Å². The molecule has 0 unspecified atom stereocenters. The number of nitrogens with two attached hydrogens (primary N) is 1. The molecule has 0 aromatic carbocycles. The average Bonchev–Trinajstić information content (AvgIpc) is 2.80. The second-order valence-corrected chi connectivity index (χ2v) is 7.73. The van der Waals surface area contributed by atoms with E-state index in [0.29, 0.717) is 17.9 Å². The van der Waals surface area contributed by atoms with E-state index in [1.165, 1.54) is 19.3 Å². The number of rotatable bonds is 5. The molecule has 20 heavy (non-hydrogen) atoms. The number of nitrogens with one attached hydrogen (secondary N) is 2. The zero-order chi connectivity index (χ0) is 14.8. The summed E-state index contributed by atoms with van der Waals surface area (Å²) < 4.78 is 27.6. The highest BCUT2D eigenvalue weighted by Gasteiger charge is 2.30. The molecule has 0 aliphatic heterocycles. The Bertz CT molecular complexity index is 559. The van der Waals surface area contributed by atoms with Crippen LogP contribution < -0.4 is 10.5 Å². The molecular formula is C13H24N4O2S. The van der Waals surface area contributed by atoms with Gasteiger partial charge in [0.15, 0.2) is 0 Å². The monoisotopic (exact) mass is 300 g/mol. The van der Waals surface area contributed by atoms with Crippen molar-refractivity contribution in [2.24, 2.45) is 11.1 Å². The molecular weight excluding hydrogens is 276 g/mol. The standard InChI is InChI=1S/C13H24N4O2S/c1-10-12(11(8-14)17-16-10)20(18,19)15-9-13(2)6-4-3-5-7-13/h15H,3-9,14H2,1-2H3,(H,16,17). The summed E-state index contributed by atoms with van der Waals surface area (Å²) in [5, 5.41) is 6.64. The Labute approximate surface area is 120 Å². The number of aryl methyl sites for hydroxylation is 1. The molecule has 1 fully saturated rings. The van der Waals surface area contributed by atoms with Crippen LogP contribution >= 0.6 is 0 Å². The summed E-state index contributed by atoms with van der Waals surface area (Å²) in [6, 6.07) is 0. The molecule has 1 aliphatic rings. The molecule has 114 valence electrons. The Morgan fingerprint density at radius 3 is 2.60 bits per heavy atom. The van der Waals surface area contributed by atoms with Crippen molar-refractivity contribution in [1.29, 1.82) is 0 Å². The first-order valence-corrected chi connectivity index (χ1v) is 8.60. The van der Waals surface area contributed by atoms with E-state index >= 15 is 0 Å². The molecule has 1 saturated carbocycles. The number of H-pyrrole nitrogens is 1. The predicted molar refractivity (Wildman–Crippen MR) is 77.6 cm³/mol. The maximum absolute atomic E-state index is 12.5. The smallest absolute Gasteiger partial charge is 0.244 e. The van der Waals surface area contributed by atoms with Gasteiger partial charge in [-0.2, -0.15) is 5.10 Å². The minimum atomic E-state index is -3.55. The molecule has 7 heteroatoms. The van der Waals surface area contributed by atoms with Gasteiger partial charge < -0.3 is 5.73 Å². The highest BCUT2D eigenvalue weighted by molar-refractivity contribution is 7.89. The second kappa shape index (κ2) is 5.83. The highest BCUT2D eigenvalue weighted by atomic mass is 32.2. The van der Waals surface area contributed by atoms with Crippen LogP contribution in [0.2, 0.25) is 0 Å². The molecule has 1 aromatic heterocycles. The van der Waals surface area contributed by atoms with Gasteiger partial charge in [-0.3, -0.25) is 5.10 Å². The fourth-order valence-corrected chi connectivity index (χ4v) is 4.46. The predicted octanol–water partition coefficient (Wildman–Crippen LogP) is 1.43. The lowest BCUT2D eigenvalue weighted by atomic mass is 9.76. The molecule has 1 aliphatic carbocycles. The third-order valence-corrected chi connectivity index (χ3v) is 5.78. The molecule has 2 rings (SSSR count). The number of sulfonamides is 1. The van der Waals surface area contributed by atoms with Gasteiger partial charge in [-0.25, -0.2) is 13.1 Å². The lowest BCUT2D eigenvalue weighted by Gasteiger charge is -2.33. The molecule has 0 spiro atoms. The van der Waals surface area contributed by atoms with E-state index in [2.05, 4.69) is 21.8 Å². The number of aromatic nitrogens is 2. The number of nitrogens with zero attached hydrogens (tertiary/aromatic N) is 1. The fraction of sp³-hybridized carbons (Fsp3) is 0.769. The Kier molecular flexibility index (Phi) is 4.51. The second-order valence-electron chi connectivity index (χ2n) is 6.02. The van der Waals surface area contributed by atoms with Crippen LogP contribution in [0.4, 0.5) is 0 Å². The Morgan fingerprint density at radius 1 is 1.35 bits per heavy atom. The van der Waals surface area contributed by atoms with Crippen molar-refractivity contribution in [3.05, 3.63) is 11.4 Å². The Balaban J connectivity index is 2.13. The van der Waals surface area contributed by atoms with Crippen molar-refractivity contribution in [2.45, 2.75) is 57.4 Å². The number of hydrogen-bond donors (Lipinski definition) is 3. The minimum Gasteiger partial charge on any atom is -0.325 e. The number of aromatic amines is 1. The lowest BCUT2D eigenvalue weighted by Crippen LogP contribution is -2.37. The summed E-state index contributed by atoms with van der Waals surface area (Å²) in [6.45, 7) is 4.44. The van der Waals surface area contributed by atoms with Crippen molar-refractivity contribution in [3.8, 4) is 0 Å². The van der Waals surface area contributed by atoms with E-state index < -0.39 is 10.0 Å². The van der Waals surface area contributed by atoms with E-state index in [0.717, 1.165) is 12.8 Å². The highest BCUT2D eigenvalue weighted by Crippen LogP contribution is 2.35. The van der Waals surface area contributed by atoms with Crippen LogP contribution in [-0.4, -0.2) is 25.2 Å². The summed E-state index contributed by atoms with van der Waals surface area (Å²) in [5.74, 6) is 0. The van der Waals surface area contributed by atoms with Crippen molar-refractivity contribution in [3.63, 3.8) is 0 Å². The van der Waals surface area contributed by atoms with Gasteiger partial charge in [0.1, 0.15) is 4.90 Å². The molecule has 1 aromatic rings. The van der Waals surface area contributed by atoms with Crippen molar-refractivity contribution >= 4 is 10.0 Å². The molecule has 4 N–H and O–H groups in total. The molecule has 0 amide bonds. The van der Waals surface area contributed by atoms with Crippen LogP contribution in [0.5, 0.6) is 0 Å². The SMILES string of the molecule is Cc1[nH]nc(CN)c1S(=O)(=O)NCC1(C)CCCCC1. The maximum Gasteiger partial charge on any atom is 0.244 e. The first-order valence-electron chi connectivity index (χ1n) is 7.11.